The topological polar surface area (TPSA) is 51.2 Å². The summed E-state index contributed by atoms with van der Waals surface area (Å²) in [4.78, 5) is 0.259. The Balaban J connectivity index is 1.97. The second-order valence-electron chi connectivity index (χ2n) is 8.18. The van der Waals surface area contributed by atoms with Crippen LogP contribution in [0.2, 0.25) is 5.02 Å². The molecule has 0 saturated heterocycles. The van der Waals surface area contributed by atoms with Gasteiger partial charge in [0.1, 0.15) is 0 Å². The molecule has 3 aromatic carbocycles. The summed E-state index contributed by atoms with van der Waals surface area (Å²) >= 11 is 6.02. The monoisotopic (exact) mass is 496 g/mol. The van der Waals surface area contributed by atoms with Gasteiger partial charge in [0, 0.05) is 20.9 Å². The molecule has 170 valence electrons. The fraction of sp³-hybridized carbons (Fsp3) is 0.185. The number of hydrogen-bond acceptors (Lipinski definition) is 3. The van der Waals surface area contributed by atoms with Crippen molar-refractivity contribution in [1.29, 1.82) is 0 Å². The third kappa shape index (κ3) is 4.66. The Hall–Kier alpha value is -2.39. The number of hydrogen-bond donors (Lipinski definition) is 0. The minimum atomic E-state index is -3.97. The first-order valence-electron chi connectivity index (χ1n) is 11.0. The Kier molecular flexibility index (Phi) is 7.09. The van der Waals surface area contributed by atoms with Crippen LogP contribution < -0.4 is 10.6 Å². The molecule has 0 spiro atoms. The third-order valence-corrected chi connectivity index (χ3v) is 11.5. The van der Waals surface area contributed by atoms with E-state index in [0.29, 0.717) is 28.5 Å². The van der Waals surface area contributed by atoms with E-state index >= 15 is 0 Å². The van der Waals surface area contributed by atoms with Gasteiger partial charge < -0.3 is 4.57 Å². The molecule has 0 amide bonds. The summed E-state index contributed by atoms with van der Waals surface area (Å²) in [5.74, 6) is 0. The standard InChI is InChI=1S/C27H26ClO3PS/c1-21(32(29,24-13-7-3-8-14-24)25-15-9-4-10-16-25)27(22-11-5-2-6-12-22)33(30,31)26-19-17-23(28)18-20-26/h3-4,7-10,13-20H,1-2,5-6,11-12H2. The summed E-state index contributed by atoms with van der Waals surface area (Å²) in [5, 5.41) is 1.77. The average Bonchev–Trinajstić information content (AvgIpc) is 2.85. The number of sulfone groups is 1. The van der Waals surface area contributed by atoms with Gasteiger partial charge in [-0.1, -0.05) is 90.8 Å². The molecule has 0 bridgehead atoms. The van der Waals surface area contributed by atoms with Crippen LogP contribution in [-0.4, -0.2) is 8.42 Å². The zero-order valence-electron chi connectivity index (χ0n) is 18.3. The van der Waals surface area contributed by atoms with E-state index in [1.165, 1.54) is 12.1 Å². The molecule has 1 fully saturated rings. The van der Waals surface area contributed by atoms with Crippen molar-refractivity contribution in [3.05, 3.63) is 112 Å². The van der Waals surface area contributed by atoms with E-state index in [4.69, 9.17) is 11.6 Å². The molecule has 1 aliphatic carbocycles. The van der Waals surface area contributed by atoms with Crippen molar-refractivity contribution >= 4 is 39.2 Å². The number of allylic oxidation sites excluding steroid dienone is 2. The Morgan fingerprint density at radius 2 is 1.24 bits per heavy atom. The fourth-order valence-electron chi connectivity index (χ4n) is 4.37. The summed E-state index contributed by atoms with van der Waals surface area (Å²) in [6.45, 7) is 4.24. The van der Waals surface area contributed by atoms with Crippen molar-refractivity contribution in [3.63, 3.8) is 0 Å². The van der Waals surface area contributed by atoms with Crippen LogP contribution in [0.4, 0.5) is 0 Å². The predicted molar refractivity (Wildman–Crippen MR) is 138 cm³/mol. The lowest BCUT2D eigenvalue weighted by molar-refractivity contribution is 0.582. The Labute approximate surface area is 201 Å². The van der Waals surface area contributed by atoms with Gasteiger partial charge in [-0.05, 0) is 49.9 Å². The van der Waals surface area contributed by atoms with Gasteiger partial charge in [-0.2, -0.15) is 0 Å². The normalized spacial score (nSPS) is 14.6. The van der Waals surface area contributed by atoms with Gasteiger partial charge in [0.05, 0.1) is 9.80 Å². The highest BCUT2D eigenvalue weighted by molar-refractivity contribution is 7.97. The molecule has 4 rings (SSSR count). The average molecular weight is 497 g/mol. The van der Waals surface area contributed by atoms with E-state index in [1.807, 2.05) is 36.4 Å². The van der Waals surface area contributed by atoms with Gasteiger partial charge >= 0.3 is 0 Å². The first-order chi connectivity index (χ1) is 15.8. The molecule has 0 aliphatic heterocycles. The molecule has 0 atom stereocenters. The Morgan fingerprint density at radius 1 is 0.758 bits per heavy atom. The summed E-state index contributed by atoms with van der Waals surface area (Å²) in [5.41, 5.74) is 0.813. The maximum Gasteiger partial charge on any atom is 0.207 e. The Morgan fingerprint density at radius 3 is 1.73 bits per heavy atom. The van der Waals surface area contributed by atoms with Crippen LogP contribution in [0, 0.1) is 0 Å². The quantitative estimate of drug-likeness (QED) is 0.350. The van der Waals surface area contributed by atoms with Gasteiger partial charge in [-0.15, -0.1) is 0 Å². The van der Waals surface area contributed by atoms with Crippen molar-refractivity contribution in [3.8, 4) is 0 Å². The fourth-order valence-corrected chi connectivity index (χ4v) is 9.41. The van der Waals surface area contributed by atoms with E-state index < -0.39 is 17.0 Å². The van der Waals surface area contributed by atoms with Crippen LogP contribution in [-0.2, 0) is 14.4 Å². The summed E-state index contributed by atoms with van der Waals surface area (Å²) in [7, 11) is -7.49. The van der Waals surface area contributed by atoms with Crippen LogP contribution in [0.1, 0.15) is 32.1 Å². The molecule has 33 heavy (non-hydrogen) atoms. The van der Waals surface area contributed by atoms with Crippen LogP contribution in [0.25, 0.3) is 0 Å². The first kappa shape index (κ1) is 23.8. The number of rotatable bonds is 6. The van der Waals surface area contributed by atoms with E-state index in [2.05, 4.69) is 6.58 Å². The van der Waals surface area contributed by atoms with Crippen molar-refractivity contribution < 1.29 is 13.0 Å². The van der Waals surface area contributed by atoms with Crippen molar-refractivity contribution in [2.45, 2.75) is 37.0 Å². The zero-order chi connectivity index (χ0) is 23.5. The van der Waals surface area contributed by atoms with Crippen LogP contribution in [0.5, 0.6) is 0 Å². The van der Waals surface area contributed by atoms with Crippen LogP contribution in [0.3, 0.4) is 0 Å². The van der Waals surface area contributed by atoms with Crippen molar-refractivity contribution in [2.24, 2.45) is 0 Å². The Bertz CT molecular complexity index is 1280. The number of benzene rings is 3. The highest BCUT2D eigenvalue weighted by Gasteiger charge is 2.39. The van der Waals surface area contributed by atoms with Crippen LogP contribution >= 0.6 is 18.7 Å². The van der Waals surface area contributed by atoms with E-state index in [9.17, 15) is 13.0 Å². The van der Waals surface area contributed by atoms with Gasteiger partial charge in [0.15, 0.2) is 7.14 Å². The largest absolute Gasteiger partial charge is 0.309 e. The molecule has 6 heteroatoms. The van der Waals surface area contributed by atoms with Gasteiger partial charge in [-0.25, -0.2) is 8.42 Å². The summed E-state index contributed by atoms with van der Waals surface area (Å²) < 4.78 is 42.9. The molecule has 3 aromatic rings. The molecule has 3 nitrogen and oxygen atoms in total. The highest BCUT2D eigenvalue weighted by atomic mass is 35.5. The molecular weight excluding hydrogens is 471 g/mol. The lowest BCUT2D eigenvalue weighted by Crippen LogP contribution is -2.21. The second kappa shape index (κ2) is 9.85. The second-order valence-corrected chi connectivity index (χ2v) is 13.3. The SMILES string of the molecule is C=C(C(=C1CCCCC1)S(=O)(=O)c1ccc(Cl)cc1)P(=O)(c1ccccc1)c1ccccc1. The van der Waals surface area contributed by atoms with Gasteiger partial charge in [-0.3, -0.25) is 0 Å². The number of halogens is 1. The molecule has 0 unspecified atom stereocenters. The van der Waals surface area contributed by atoms with Gasteiger partial charge in [0.2, 0.25) is 9.84 Å². The molecule has 0 radical (unpaired) electrons. The molecule has 1 saturated carbocycles. The van der Waals surface area contributed by atoms with E-state index in [0.717, 1.165) is 24.8 Å². The smallest absolute Gasteiger partial charge is 0.207 e. The summed E-state index contributed by atoms with van der Waals surface area (Å²) in [6.07, 6.45) is 4.18. The van der Waals surface area contributed by atoms with E-state index in [-0.39, 0.29) is 15.1 Å². The van der Waals surface area contributed by atoms with Crippen molar-refractivity contribution in [2.75, 3.05) is 0 Å². The zero-order valence-corrected chi connectivity index (χ0v) is 20.8. The molecule has 0 N–H and O–H groups in total. The molecule has 1 aliphatic rings. The molecule has 0 heterocycles. The minimum absolute atomic E-state index is 0.126. The lowest BCUT2D eigenvalue weighted by atomic mass is 9.94. The van der Waals surface area contributed by atoms with Gasteiger partial charge in [0.25, 0.3) is 0 Å². The predicted octanol–water partition coefficient (Wildman–Crippen LogP) is 6.86. The maximum absolute atomic E-state index is 14.9. The van der Waals surface area contributed by atoms with Crippen LogP contribution in [0.15, 0.2) is 112 Å². The molecule has 0 aromatic heterocycles. The maximum atomic E-state index is 14.9. The third-order valence-electron chi connectivity index (χ3n) is 6.05. The van der Waals surface area contributed by atoms with Crippen molar-refractivity contribution in [1.82, 2.24) is 0 Å². The highest BCUT2D eigenvalue weighted by Crippen LogP contribution is 2.56. The molecular formula is C27H26ClO3PS. The minimum Gasteiger partial charge on any atom is -0.309 e. The van der Waals surface area contributed by atoms with E-state index in [1.54, 1.807) is 36.4 Å². The summed E-state index contributed by atoms with van der Waals surface area (Å²) in [6, 6.07) is 24.3. The lowest BCUT2D eigenvalue weighted by Gasteiger charge is -2.27. The first-order valence-corrected chi connectivity index (χ1v) is 14.6.